The molecule has 0 amide bonds. The van der Waals surface area contributed by atoms with Gasteiger partial charge in [0.05, 0.1) is 17.1 Å². The molecule has 8 aromatic rings. The number of halogens is 2. The Labute approximate surface area is 366 Å². The van der Waals surface area contributed by atoms with Crippen LogP contribution >= 0.6 is 11.8 Å². The molecule has 0 unspecified atom stereocenters. The maximum absolute atomic E-state index is 6.20. The largest absolute Gasteiger partial charge is 1.00 e. The first kappa shape index (κ1) is 41.1. The SMILES string of the molecule is CC(=Cc1[se]c2ccccc2[n+]1C)C=C1Sc2ccccc2N1C.CCN1C(=CC=Cc2oc3ccc4ccccc4c3[n+]2C)Oc2ccc3ccccc3c21.[Br-].[Cl-]. The predicted octanol–water partition coefficient (Wildman–Crippen LogP) is 4.55. The molecule has 2 aromatic heterocycles. The van der Waals surface area contributed by atoms with E-state index in [2.05, 4.69) is 174 Å². The van der Waals surface area contributed by atoms with Gasteiger partial charge in [-0.3, -0.25) is 0 Å². The summed E-state index contributed by atoms with van der Waals surface area (Å²) in [5.74, 6) is 2.50. The summed E-state index contributed by atoms with van der Waals surface area (Å²) in [6.07, 6.45) is 10.6. The van der Waals surface area contributed by atoms with Crippen LogP contribution < -0.4 is 53.1 Å². The second kappa shape index (κ2) is 17.5. The molecule has 2 aliphatic rings. The Balaban J connectivity index is 0.000000177. The van der Waals surface area contributed by atoms with E-state index in [0.29, 0.717) is 14.5 Å². The van der Waals surface area contributed by atoms with E-state index in [-0.39, 0.29) is 29.4 Å². The minimum absolute atomic E-state index is 0. The maximum Gasteiger partial charge on any atom is 0.373 e. The standard InChI is InChI=1S/C28H23N2O2.C20H19N2SSe.BrH.ClH/c1-3-30-26(32-24-18-16-20-10-5-7-12-22(20)28(24)30)14-8-13-25-29(2)27-21-11-6-4-9-19(21)15-17-23(27)31-25;1-14(12-19-21(2)15-8-4-6-10-17(15)23-19)13-20-22(3)16-9-5-7-11-18(16)24-20;;/h4-18H,3H2,1-2H3;4-13H,1-3H3;2*1H/q2*+1;;/p-2. The summed E-state index contributed by atoms with van der Waals surface area (Å²) in [4.78, 5) is 5.83. The number of thioether (sulfide) groups is 1. The van der Waals surface area contributed by atoms with Crippen LogP contribution in [0.5, 0.6) is 5.75 Å². The van der Waals surface area contributed by atoms with Gasteiger partial charge in [-0.1, -0.05) is 54.6 Å². The van der Waals surface area contributed by atoms with Crippen molar-refractivity contribution in [2.75, 3.05) is 23.4 Å². The van der Waals surface area contributed by atoms with Crippen molar-refractivity contribution in [3.8, 4) is 5.75 Å². The van der Waals surface area contributed by atoms with Gasteiger partial charge in [0.1, 0.15) is 7.05 Å². The van der Waals surface area contributed by atoms with E-state index in [1.807, 2.05) is 43.1 Å². The number of allylic oxidation sites excluding steroid dienone is 4. The third-order valence-electron chi connectivity index (χ3n) is 10.4. The van der Waals surface area contributed by atoms with Gasteiger partial charge in [-0.2, -0.15) is 4.57 Å². The monoisotopic (exact) mass is 932 g/mol. The number of aromatic nitrogens is 2. The van der Waals surface area contributed by atoms with Gasteiger partial charge in [-0.15, -0.1) is 0 Å². The summed E-state index contributed by atoms with van der Waals surface area (Å²) in [6.45, 7) is 5.16. The van der Waals surface area contributed by atoms with Crippen LogP contribution in [0, 0.1) is 0 Å². The van der Waals surface area contributed by atoms with Crippen molar-refractivity contribution in [3.63, 3.8) is 0 Å². The molecule has 0 aliphatic carbocycles. The van der Waals surface area contributed by atoms with Crippen LogP contribution in [0.3, 0.4) is 0 Å². The molecule has 6 aromatic carbocycles. The van der Waals surface area contributed by atoms with E-state index in [1.54, 1.807) is 0 Å². The van der Waals surface area contributed by atoms with Crippen LogP contribution in [0.2, 0.25) is 0 Å². The van der Waals surface area contributed by atoms with Crippen molar-refractivity contribution in [1.29, 1.82) is 0 Å². The molecule has 6 nitrogen and oxygen atoms in total. The smallest absolute Gasteiger partial charge is 0.373 e. The molecule has 0 saturated carbocycles. The second-order valence-electron chi connectivity index (χ2n) is 13.9. The van der Waals surface area contributed by atoms with Gasteiger partial charge in [0.25, 0.3) is 5.52 Å². The van der Waals surface area contributed by atoms with Crippen molar-refractivity contribution in [3.05, 3.63) is 166 Å². The van der Waals surface area contributed by atoms with E-state index < -0.39 is 0 Å². The fourth-order valence-electron chi connectivity index (χ4n) is 7.55. The molecular formula is C48H42BrClN4O2SSe. The molecule has 0 N–H and O–H groups in total. The summed E-state index contributed by atoms with van der Waals surface area (Å²) in [5.41, 5.74) is 7.05. The number of hydrogen-bond acceptors (Lipinski definition) is 5. The molecule has 2 aliphatic heterocycles. The number of rotatable bonds is 5. The first-order valence-corrected chi connectivity index (χ1v) is 21.3. The van der Waals surface area contributed by atoms with Crippen molar-refractivity contribution >= 4 is 92.2 Å². The van der Waals surface area contributed by atoms with E-state index in [0.717, 1.165) is 40.9 Å². The van der Waals surface area contributed by atoms with Crippen molar-refractivity contribution < 1.29 is 47.7 Å². The Morgan fingerprint density at radius 3 is 2.28 bits per heavy atom. The Hall–Kier alpha value is -5.02. The Morgan fingerprint density at radius 1 is 0.810 bits per heavy atom. The van der Waals surface area contributed by atoms with E-state index >= 15 is 0 Å². The van der Waals surface area contributed by atoms with Crippen molar-refractivity contribution in [2.45, 2.75) is 18.7 Å². The first-order valence-electron chi connectivity index (χ1n) is 18.8. The zero-order valence-electron chi connectivity index (χ0n) is 32.8. The van der Waals surface area contributed by atoms with Crippen LogP contribution in [0.25, 0.3) is 54.6 Å². The van der Waals surface area contributed by atoms with Gasteiger partial charge >= 0.3 is 159 Å². The second-order valence-corrected chi connectivity index (χ2v) is 17.2. The zero-order valence-corrected chi connectivity index (χ0v) is 37.7. The van der Waals surface area contributed by atoms with Crippen LogP contribution in [-0.2, 0) is 14.1 Å². The summed E-state index contributed by atoms with van der Waals surface area (Å²) < 4.78 is 19.7. The molecule has 0 fully saturated rings. The predicted molar refractivity (Wildman–Crippen MR) is 234 cm³/mol. The van der Waals surface area contributed by atoms with Gasteiger partial charge < -0.3 is 43.4 Å². The summed E-state index contributed by atoms with van der Waals surface area (Å²) >= 11 is 2.24. The minimum atomic E-state index is 0. The Morgan fingerprint density at radius 2 is 1.50 bits per heavy atom. The molecule has 292 valence electrons. The average molecular weight is 933 g/mol. The number of para-hydroxylation sites is 2. The summed E-state index contributed by atoms with van der Waals surface area (Å²) in [5, 5.41) is 6.10. The molecule has 0 radical (unpaired) electrons. The number of nitrogens with zero attached hydrogens (tertiary/aromatic N) is 4. The number of benzene rings is 6. The topological polar surface area (TPSA) is 36.6 Å². The van der Waals surface area contributed by atoms with Gasteiger partial charge in [-0.05, 0) is 48.0 Å². The quantitative estimate of drug-likeness (QED) is 0.187. The van der Waals surface area contributed by atoms with Gasteiger partial charge in [0.15, 0.2) is 5.75 Å². The normalized spacial score (nSPS) is 14.9. The molecule has 0 spiro atoms. The fourth-order valence-corrected chi connectivity index (χ4v) is 11.1. The van der Waals surface area contributed by atoms with Crippen LogP contribution in [-0.4, -0.2) is 28.1 Å². The van der Waals surface area contributed by atoms with E-state index in [1.165, 1.54) is 57.1 Å². The third-order valence-corrected chi connectivity index (χ3v) is 14.0. The molecule has 58 heavy (non-hydrogen) atoms. The molecule has 10 rings (SSSR count). The number of oxazole rings is 1. The molecule has 0 bridgehead atoms. The van der Waals surface area contributed by atoms with Gasteiger partial charge in [0, 0.05) is 11.9 Å². The van der Waals surface area contributed by atoms with Crippen LogP contribution in [0.15, 0.2) is 165 Å². The summed E-state index contributed by atoms with van der Waals surface area (Å²) in [6, 6.07) is 42.4. The fraction of sp³-hybridized carbons (Fsp3) is 0.125. The molecule has 4 heterocycles. The Bertz CT molecular complexity index is 2950. The molecular weight excluding hydrogens is 891 g/mol. The van der Waals surface area contributed by atoms with E-state index in [4.69, 9.17) is 9.15 Å². The van der Waals surface area contributed by atoms with Crippen molar-refractivity contribution in [1.82, 2.24) is 0 Å². The van der Waals surface area contributed by atoms with Gasteiger partial charge in [-0.25, -0.2) is 0 Å². The van der Waals surface area contributed by atoms with Gasteiger partial charge in [0.2, 0.25) is 11.5 Å². The van der Waals surface area contributed by atoms with Crippen LogP contribution in [0.1, 0.15) is 24.3 Å². The number of hydrogen-bond donors (Lipinski definition) is 0. The van der Waals surface area contributed by atoms with Crippen molar-refractivity contribution in [2.24, 2.45) is 14.1 Å². The summed E-state index contributed by atoms with van der Waals surface area (Å²) in [7, 11) is 6.36. The molecule has 10 heteroatoms. The maximum atomic E-state index is 6.20. The average Bonchev–Trinajstić information content (AvgIpc) is 3.95. The number of fused-ring (bicyclic) bond motifs is 8. The van der Waals surface area contributed by atoms with Crippen LogP contribution in [0.4, 0.5) is 11.4 Å². The molecule has 0 saturated heterocycles. The first-order chi connectivity index (χ1) is 27.4. The number of ether oxygens (including phenoxy) is 1. The number of aryl methyl sites for hydroxylation is 2. The zero-order chi connectivity index (χ0) is 38.3. The minimum Gasteiger partial charge on any atom is -1.00 e. The molecule has 0 atom stereocenters. The number of anilines is 2. The Kier molecular flexibility index (Phi) is 12.4. The third kappa shape index (κ3) is 7.65. The van der Waals surface area contributed by atoms with E-state index in [9.17, 15) is 0 Å².